The van der Waals surface area contributed by atoms with Gasteiger partial charge in [-0.3, -0.25) is 18.9 Å². The normalized spacial score (nSPS) is 16.0. The summed E-state index contributed by atoms with van der Waals surface area (Å²) in [6.07, 6.45) is 6.66. The van der Waals surface area contributed by atoms with Gasteiger partial charge in [0.1, 0.15) is 5.56 Å². The third-order valence-electron chi connectivity index (χ3n) is 2.54. The molecular weight excluding hydrogens is 238 g/mol. The Hall–Kier alpha value is -1.95. The van der Waals surface area contributed by atoms with Gasteiger partial charge in [0.05, 0.1) is 5.70 Å². The lowest BCUT2D eigenvalue weighted by Crippen LogP contribution is -2.23. The van der Waals surface area contributed by atoms with Crippen molar-refractivity contribution >= 4 is 24.5 Å². The first kappa shape index (κ1) is 11.5. The Kier molecular flexibility index (Phi) is 2.81. The first-order valence-corrected chi connectivity index (χ1v) is 5.34. The molecule has 2 heterocycles. The van der Waals surface area contributed by atoms with Gasteiger partial charge in [0, 0.05) is 20.3 Å². The second-order valence-corrected chi connectivity index (χ2v) is 4.01. The predicted molar refractivity (Wildman–Crippen MR) is 68.8 cm³/mol. The minimum absolute atomic E-state index is 0.152. The maximum absolute atomic E-state index is 12.0. The van der Waals surface area contributed by atoms with Crippen LogP contribution in [0.4, 0.5) is 0 Å². The summed E-state index contributed by atoms with van der Waals surface area (Å²) in [6, 6.07) is 0. The van der Waals surface area contributed by atoms with E-state index in [1.54, 1.807) is 32.5 Å². The van der Waals surface area contributed by atoms with Crippen molar-refractivity contribution in [3.05, 3.63) is 38.5 Å². The highest BCUT2D eigenvalue weighted by atomic mass is 32.1. The minimum atomic E-state index is -0.339. The zero-order valence-electron chi connectivity index (χ0n) is 9.41. The van der Waals surface area contributed by atoms with E-state index in [0.717, 1.165) is 0 Å². The smallest absolute Gasteiger partial charge is 0.265 e. The molecule has 1 N–H and O–H groups in total. The molecular formula is C11H11N3O2S. The third kappa shape index (κ3) is 1.87. The van der Waals surface area contributed by atoms with Crippen molar-refractivity contribution < 1.29 is 5.11 Å². The highest BCUT2D eigenvalue weighted by Gasteiger charge is 2.11. The van der Waals surface area contributed by atoms with Gasteiger partial charge in [0.25, 0.3) is 5.56 Å². The number of aliphatic imine (C=N–C) groups is 1. The summed E-state index contributed by atoms with van der Waals surface area (Å²) in [5.41, 5.74) is 0.463. The van der Waals surface area contributed by atoms with Crippen molar-refractivity contribution in [1.29, 1.82) is 0 Å². The van der Waals surface area contributed by atoms with Gasteiger partial charge in [-0.15, -0.1) is 0 Å². The van der Waals surface area contributed by atoms with Crippen LogP contribution in [0.3, 0.4) is 0 Å². The molecule has 1 aliphatic heterocycles. The van der Waals surface area contributed by atoms with Crippen molar-refractivity contribution in [2.45, 2.75) is 0 Å². The molecule has 0 unspecified atom stereocenters. The lowest BCUT2D eigenvalue weighted by molar-refractivity contribution is 0.414. The highest BCUT2D eigenvalue weighted by Crippen LogP contribution is 2.17. The SMILES string of the molecule is Cn1c(O)c(/C=C2\C=CC=N2)c(=O)n(C)c1=S. The van der Waals surface area contributed by atoms with E-state index in [2.05, 4.69) is 4.99 Å². The van der Waals surface area contributed by atoms with Gasteiger partial charge in [0.15, 0.2) is 4.77 Å². The largest absolute Gasteiger partial charge is 0.494 e. The molecule has 1 aromatic rings. The Bertz CT molecular complexity index is 663. The Labute approximate surface area is 103 Å². The second kappa shape index (κ2) is 4.14. The summed E-state index contributed by atoms with van der Waals surface area (Å²) in [4.78, 5) is 16.0. The van der Waals surface area contributed by atoms with Crippen LogP contribution in [0, 0.1) is 4.77 Å². The summed E-state index contributed by atoms with van der Waals surface area (Å²) in [7, 11) is 3.17. The molecule has 17 heavy (non-hydrogen) atoms. The number of rotatable bonds is 1. The first-order chi connectivity index (χ1) is 8.02. The quantitative estimate of drug-likeness (QED) is 0.759. The zero-order valence-corrected chi connectivity index (χ0v) is 10.2. The molecule has 0 amide bonds. The fraction of sp³-hybridized carbons (Fsp3) is 0.182. The van der Waals surface area contributed by atoms with Crippen LogP contribution in [0.15, 0.2) is 27.6 Å². The summed E-state index contributed by atoms with van der Waals surface area (Å²) in [6.45, 7) is 0. The van der Waals surface area contributed by atoms with Gasteiger partial charge in [-0.25, -0.2) is 0 Å². The molecule has 2 rings (SSSR count). The van der Waals surface area contributed by atoms with Gasteiger partial charge < -0.3 is 5.11 Å². The van der Waals surface area contributed by atoms with Crippen LogP contribution >= 0.6 is 12.2 Å². The van der Waals surface area contributed by atoms with Crippen LogP contribution in [0.5, 0.6) is 5.88 Å². The number of allylic oxidation sites excluding steroid dienone is 2. The van der Waals surface area contributed by atoms with Crippen LogP contribution < -0.4 is 5.56 Å². The number of aromatic hydroxyl groups is 1. The molecule has 0 fully saturated rings. The van der Waals surface area contributed by atoms with E-state index in [9.17, 15) is 9.90 Å². The predicted octanol–water partition coefficient (Wildman–Crippen LogP) is 1.14. The van der Waals surface area contributed by atoms with Crippen LogP contribution in [0.2, 0.25) is 0 Å². The lowest BCUT2D eigenvalue weighted by atomic mass is 10.2. The van der Waals surface area contributed by atoms with Crippen molar-refractivity contribution in [1.82, 2.24) is 9.13 Å². The van der Waals surface area contributed by atoms with E-state index < -0.39 is 0 Å². The zero-order chi connectivity index (χ0) is 12.6. The van der Waals surface area contributed by atoms with Crippen molar-refractivity contribution in [3.8, 4) is 5.88 Å². The van der Waals surface area contributed by atoms with Crippen molar-refractivity contribution in [3.63, 3.8) is 0 Å². The molecule has 0 saturated heterocycles. The molecule has 5 nitrogen and oxygen atoms in total. The first-order valence-electron chi connectivity index (χ1n) is 4.94. The molecule has 6 heteroatoms. The molecule has 0 aromatic carbocycles. The molecule has 1 aromatic heterocycles. The number of hydrogen-bond donors (Lipinski definition) is 1. The number of aromatic nitrogens is 2. The number of nitrogens with zero attached hydrogens (tertiary/aromatic N) is 3. The average molecular weight is 249 g/mol. The van der Waals surface area contributed by atoms with Crippen molar-refractivity contribution in [2.75, 3.05) is 0 Å². The lowest BCUT2D eigenvalue weighted by Gasteiger charge is -2.09. The summed E-state index contributed by atoms with van der Waals surface area (Å²) >= 11 is 5.01. The Balaban J connectivity index is 2.75. The number of hydrogen-bond acceptors (Lipinski definition) is 4. The maximum atomic E-state index is 12.0. The Morgan fingerprint density at radius 1 is 1.41 bits per heavy atom. The fourth-order valence-corrected chi connectivity index (χ4v) is 1.70. The van der Waals surface area contributed by atoms with Gasteiger partial charge in [0.2, 0.25) is 5.88 Å². The van der Waals surface area contributed by atoms with Crippen LogP contribution in [-0.4, -0.2) is 20.5 Å². The second-order valence-electron chi connectivity index (χ2n) is 3.65. The monoisotopic (exact) mass is 249 g/mol. The summed E-state index contributed by atoms with van der Waals surface area (Å²) in [5, 5.41) is 9.91. The van der Waals surface area contributed by atoms with E-state index in [4.69, 9.17) is 12.2 Å². The topological polar surface area (TPSA) is 59.5 Å². The molecule has 0 saturated carbocycles. The molecule has 0 atom stereocenters. The maximum Gasteiger partial charge on any atom is 0.265 e. The van der Waals surface area contributed by atoms with Crippen LogP contribution in [-0.2, 0) is 14.1 Å². The average Bonchev–Trinajstić information content (AvgIpc) is 2.82. The third-order valence-corrected chi connectivity index (χ3v) is 3.08. The summed E-state index contributed by atoms with van der Waals surface area (Å²) < 4.78 is 2.95. The molecule has 88 valence electrons. The molecule has 0 spiro atoms. The van der Waals surface area contributed by atoms with Gasteiger partial charge in [-0.1, -0.05) is 0 Å². The minimum Gasteiger partial charge on any atom is -0.494 e. The Morgan fingerprint density at radius 3 is 2.71 bits per heavy atom. The van der Waals surface area contributed by atoms with Crippen molar-refractivity contribution in [2.24, 2.45) is 19.1 Å². The van der Waals surface area contributed by atoms with E-state index >= 15 is 0 Å². The van der Waals surface area contributed by atoms with E-state index in [1.165, 1.54) is 15.2 Å². The van der Waals surface area contributed by atoms with Crippen LogP contribution in [0.25, 0.3) is 6.08 Å². The van der Waals surface area contributed by atoms with Gasteiger partial charge in [-0.2, -0.15) is 0 Å². The van der Waals surface area contributed by atoms with Gasteiger partial charge in [-0.05, 0) is 30.4 Å². The van der Waals surface area contributed by atoms with E-state index in [0.29, 0.717) is 5.70 Å². The summed E-state index contributed by atoms with van der Waals surface area (Å²) in [5.74, 6) is -0.152. The molecule has 0 aliphatic carbocycles. The molecule has 1 aliphatic rings. The highest BCUT2D eigenvalue weighted by molar-refractivity contribution is 7.71. The standard InChI is InChI=1S/C11H11N3O2S/c1-13-9(15)8(6-7-4-3-5-12-7)10(16)14(2)11(13)17/h3-6,15H,1-2H3/b7-6+. The van der Waals surface area contributed by atoms with E-state index in [-0.39, 0.29) is 21.8 Å². The Morgan fingerprint density at radius 2 is 2.12 bits per heavy atom. The van der Waals surface area contributed by atoms with Crippen LogP contribution in [0.1, 0.15) is 5.56 Å². The fourth-order valence-electron chi connectivity index (χ4n) is 1.53. The molecule has 0 bridgehead atoms. The van der Waals surface area contributed by atoms with E-state index in [1.807, 2.05) is 0 Å². The van der Waals surface area contributed by atoms with Gasteiger partial charge >= 0.3 is 0 Å². The molecule has 0 radical (unpaired) electrons.